The number of rotatable bonds is 7. The van der Waals surface area contributed by atoms with Gasteiger partial charge in [-0.3, -0.25) is 19.4 Å². The highest BCUT2D eigenvalue weighted by Crippen LogP contribution is 2.34. The number of nitrogens with zero attached hydrogens (tertiary/aromatic N) is 3. The molecule has 14 heteroatoms. The van der Waals surface area contributed by atoms with Gasteiger partial charge in [-0.05, 0) is 43.0 Å². The normalized spacial score (nSPS) is 19.4. The van der Waals surface area contributed by atoms with Crippen molar-refractivity contribution < 1.29 is 36.7 Å². The lowest BCUT2D eigenvalue weighted by Gasteiger charge is -2.27. The number of hydrogen-bond donors (Lipinski definition) is 1. The molecule has 2 aliphatic heterocycles. The SMILES string of the molecule is Cc1c(OC(=O)NC(Cc2cccs2)C(=O)N2CCC3C2C(=O)CN3S(=O)(=O)C(=O)c2ccccn2)oc2ccccc12. The number of aryl methyl sites for hydroxylation is 1. The fourth-order valence-electron chi connectivity index (χ4n) is 5.60. The van der Waals surface area contributed by atoms with Crippen molar-refractivity contribution in [2.75, 3.05) is 13.1 Å². The molecule has 0 bridgehead atoms. The first kappa shape index (κ1) is 28.7. The Labute approximate surface area is 250 Å². The molecule has 0 spiro atoms. The number of sulfonamides is 1. The maximum Gasteiger partial charge on any atom is 0.415 e. The molecule has 3 atom stereocenters. The summed E-state index contributed by atoms with van der Waals surface area (Å²) in [5, 5.41) is 4.01. The van der Waals surface area contributed by atoms with E-state index in [-0.39, 0.29) is 31.0 Å². The zero-order chi connectivity index (χ0) is 30.3. The van der Waals surface area contributed by atoms with E-state index in [2.05, 4.69) is 10.3 Å². The number of furan rings is 1. The van der Waals surface area contributed by atoms with Crippen molar-refractivity contribution in [2.45, 2.75) is 37.9 Å². The van der Waals surface area contributed by atoms with Crippen LogP contribution in [0.5, 0.6) is 5.95 Å². The van der Waals surface area contributed by atoms with Gasteiger partial charge in [-0.15, -0.1) is 11.3 Å². The Hall–Kier alpha value is -4.40. The Morgan fingerprint density at radius 1 is 1.14 bits per heavy atom. The van der Waals surface area contributed by atoms with Gasteiger partial charge < -0.3 is 19.4 Å². The number of ketones is 1. The van der Waals surface area contributed by atoms with Gasteiger partial charge in [0.2, 0.25) is 5.91 Å². The van der Waals surface area contributed by atoms with Gasteiger partial charge in [0.25, 0.3) is 16.0 Å². The highest BCUT2D eigenvalue weighted by Gasteiger charge is 2.55. The number of ether oxygens (including phenoxy) is 1. The van der Waals surface area contributed by atoms with Gasteiger partial charge in [0.15, 0.2) is 5.78 Å². The number of carbonyl (C=O) groups excluding carboxylic acids is 4. The highest BCUT2D eigenvalue weighted by atomic mass is 32.2. The molecule has 4 aromatic rings. The third-order valence-corrected chi connectivity index (χ3v) is 10.2. The molecule has 0 saturated carbocycles. The first-order valence-electron chi connectivity index (χ1n) is 13.4. The summed E-state index contributed by atoms with van der Waals surface area (Å²) in [6.07, 6.45) is 0.645. The largest absolute Gasteiger partial charge is 0.425 e. The van der Waals surface area contributed by atoms with E-state index in [0.717, 1.165) is 14.6 Å². The predicted octanol–water partition coefficient (Wildman–Crippen LogP) is 2.92. The summed E-state index contributed by atoms with van der Waals surface area (Å²) in [6.45, 7) is 1.26. The number of fused-ring (bicyclic) bond motifs is 2. The average Bonchev–Trinajstić information content (AvgIpc) is 3.79. The number of likely N-dealkylation sites (tertiary alicyclic amines) is 1. The highest BCUT2D eigenvalue weighted by molar-refractivity contribution is 8.04. The Morgan fingerprint density at radius 3 is 2.65 bits per heavy atom. The number of aromatic nitrogens is 1. The van der Waals surface area contributed by atoms with Crippen molar-refractivity contribution in [3.63, 3.8) is 0 Å². The number of hydrogen-bond acceptors (Lipinski definition) is 10. The summed E-state index contributed by atoms with van der Waals surface area (Å²) in [4.78, 5) is 58.9. The molecule has 5 heterocycles. The van der Waals surface area contributed by atoms with Crippen LogP contribution in [0.3, 0.4) is 0 Å². The molecule has 1 aromatic carbocycles. The molecular weight excluding hydrogens is 596 g/mol. The summed E-state index contributed by atoms with van der Waals surface area (Å²) >= 11 is 1.39. The van der Waals surface area contributed by atoms with Crippen LogP contribution >= 0.6 is 11.3 Å². The summed E-state index contributed by atoms with van der Waals surface area (Å²) in [6, 6.07) is 12.0. The van der Waals surface area contributed by atoms with Gasteiger partial charge in [-0.25, -0.2) is 13.2 Å². The Bertz CT molecular complexity index is 1820. The number of carbonyl (C=O) groups is 4. The molecule has 0 aliphatic carbocycles. The Balaban J connectivity index is 1.21. The summed E-state index contributed by atoms with van der Waals surface area (Å²) < 4.78 is 38.5. The fourth-order valence-corrected chi connectivity index (χ4v) is 7.82. The van der Waals surface area contributed by atoms with E-state index in [4.69, 9.17) is 9.15 Å². The van der Waals surface area contributed by atoms with Crippen LogP contribution in [0.15, 0.2) is 70.6 Å². The summed E-state index contributed by atoms with van der Waals surface area (Å²) in [5.74, 6) is -1.09. The van der Waals surface area contributed by atoms with Crippen molar-refractivity contribution in [3.8, 4) is 5.95 Å². The van der Waals surface area contributed by atoms with Crippen LogP contribution in [0.1, 0.15) is 27.3 Å². The van der Waals surface area contributed by atoms with Crippen molar-refractivity contribution in [2.24, 2.45) is 0 Å². The van der Waals surface area contributed by atoms with Crippen LogP contribution in [-0.4, -0.2) is 76.7 Å². The monoisotopic (exact) mass is 622 g/mol. The maximum atomic E-state index is 13.9. The average molecular weight is 623 g/mol. The topological polar surface area (TPSA) is 156 Å². The van der Waals surface area contributed by atoms with E-state index in [1.807, 2.05) is 29.6 Å². The molecule has 2 fully saturated rings. The number of pyridine rings is 1. The predicted molar refractivity (Wildman–Crippen MR) is 155 cm³/mol. The zero-order valence-corrected chi connectivity index (χ0v) is 24.5. The molecular formula is C29H26N4O8S2. The van der Waals surface area contributed by atoms with Crippen LogP contribution < -0.4 is 10.1 Å². The van der Waals surface area contributed by atoms with Crippen LogP contribution in [0.4, 0.5) is 4.79 Å². The van der Waals surface area contributed by atoms with E-state index < -0.39 is 57.6 Å². The molecule has 43 heavy (non-hydrogen) atoms. The lowest BCUT2D eigenvalue weighted by Crippen LogP contribution is -2.53. The molecule has 2 aliphatic rings. The molecule has 0 radical (unpaired) electrons. The van der Waals surface area contributed by atoms with E-state index in [9.17, 15) is 27.6 Å². The van der Waals surface area contributed by atoms with Crippen LogP contribution in [0.2, 0.25) is 0 Å². The van der Waals surface area contributed by atoms with E-state index in [1.165, 1.54) is 34.6 Å². The molecule has 222 valence electrons. The smallest absolute Gasteiger partial charge is 0.415 e. The minimum Gasteiger partial charge on any atom is -0.425 e. The quantitative estimate of drug-likeness (QED) is 0.327. The number of Topliss-reactive ketones (excluding diaryl/α,β-unsaturated/α-hetero) is 1. The molecule has 1 N–H and O–H groups in total. The second-order valence-electron chi connectivity index (χ2n) is 10.2. The summed E-state index contributed by atoms with van der Waals surface area (Å²) in [7, 11) is -4.58. The van der Waals surface area contributed by atoms with Crippen molar-refractivity contribution >= 4 is 55.2 Å². The van der Waals surface area contributed by atoms with E-state index in [0.29, 0.717) is 11.1 Å². The van der Waals surface area contributed by atoms with Gasteiger partial charge in [-0.2, -0.15) is 4.31 Å². The third kappa shape index (κ3) is 5.32. The zero-order valence-electron chi connectivity index (χ0n) is 22.8. The maximum absolute atomic E-state index is 13.9. The molecule has 12 nitrogen and oxygen atoms in total. The standard InChI is InChI=1S/C29H26N4O8S2/c1-17-19-8-2-3-10-24(19)40-28(17)41-29(37)31-21(15-18-7-6-14-42-18)26(35)32-13-11-22-25(32)23(34)16-33(22)43(38,39)27(36)20-9-4-5-12-30-20/h2-10,12,14,21-22,25H,11,13,15-16H2,1H3,(H,31,37). The second-order valence-corrected chi connectivity index (χ2v) is 13.1. The Kier molecular flexibility index (Phi) is 7.58. The van der Waals surface area contributed by atoms with Crippen molar-refractivity contribution in [1.82, 2.24) is 19.5 Å². The van der Waals surface area contributed by atoms with Crippen LogP contribution in [-0.2, 0) is 26.0 Å². The molecule has 2 amide bonds. The minimum absolute atomic E-state index is 0.00773. The third-order valence-electron chi connectivity index (χ3n) is 7.64. The fraction of sp³-hybridized carbons (Fsp3) is 0.276. The molecule has 3 aromatic heterocycles. The number of amides is 2. The van der Waals surface area contributed by atoms with Gasteiger partial charge in [0.05, 0.1) is 12.6 Å². The molecule has 6 rings (SSSR count). The lowest BCUT2D eigenvalue weighted by atomic mass is 10.1. The second kappa shape index (κ2) is 11.4. The van der Waals surface area contributed by atoms with Gasteiger partial charge in [-0.1, -0.05) is 30.3 Å². The van der Waals surface area contributed by atoms with Crippen molar-refractivity contribution in [1.29, 1.82) is 0 Å². The lowest BCUT2D eigenvalue weighted by molar-refractivity contribution is -0.138. The van der Waals surface area contributed by atoms with Gasteiger partial charge in [0.1, 0.15) is 23.4 Å². The Morgan fingerprint density at radius 2 is 1.93 bits per heavy atom. The van der Waals surface area contributed by atoms with Crippen LogP contribution in [0, 0.1) is 6.92 Å². The first-order chi connectivity index (χ1) is 20.6. The van der Waals surface area contributed by atoms with Crippen molar-refractivity contribution in [3.05, 3.63) is 82.3 Å². The number of benzene rings is 1. The summed E-state index contributed by atoms with van der Waals surface area (Å²) in [5.41, 5.74) is 0.896. The van der Waals surface area contributed by atoms with E-state index >= 15 is 0 Å². The first-order valence-corrected chi connectivity index (χ1v) is 15.8. The molecule has 3 unspecified atom stereocenters. The van der Waals surface area contributed by atoms with Gasteiger partial charge >= 0.3 is 11.2 Å². The van der Waals surface area contributed by atoms with E-state index in [1.54, 1.807) is 25.1 Å². The van der Waals surface area contributed by atoms with Gasteiger partial charge in [0, 0.05) is 35.0 Å². The number of nitrogens with one attached hydrogen (secondary N) is 1. The minimum atomic E-state index is -4.58. The number of thiophene rings is 1. The molecule has 2 saturated heterocycles. The van der Waals surface area contributed by atoms with Crippen LogP contribution in [0.25, 0.3) is 11.0 Å². The number of para-hydroxylation sites is 1.